The molecule has 28 heavy (non-hydrogen) atoms. The molecule has 0 unspecified atom stereocenters. The summed E-state index contributed by atoms with van der Waals surface area (Å²) in [7, 11) is 0. The van der Waals surface area contributed by atoms with Crippen molar-refractivity contribution in [1.29, 1.82) is 0 Å². The monoisotopic (exact) mass is 374 g/mol. The number of aliphatic imine (C=N–C) groups is 2. The minimum absolute atomic E-state index is 0.841. The molecule has 0 radical (unpaired) electrons. The summed E-state index contributed by atoms with van der Waals surface area (Å²) in [6.07, 6.45) is 27.1. The lowest BCUT2D eigenvalue weighted by Gasteiger charge is -2.27. The molecular formula is C24H30N4-2. The standard InChI is InChI=1S/C24H30N4/c1-5-13-21-22(14-6-1)26-18-10-4-12-20-28-24-16-8-2-7-15-23(24)27-19-11-3-9-17-25-21/h1-2,5-8,13-16H,3-4,9-12,17-20H2/q-2. The lowest BCUT2D eigenvalue weighted by molar-refractivity contribution is 0.696. The van der Waals surface area contributed by atoms with Gasteiger partial charge in [-0.25, -0.2) is 0 Å². The van der Waals surface area contributed by atoms with E-state index in [1.54, 1.807) is 0 Å². The lowest BCUT2D eigenvalue weighted by Crippen LogP contribution is -2.04. The second kappa shape index (κ2) is 12.0. The van der Waals surface area contributed by atoms with E-state index in [1.807, 2.05) is 36.5 Å². The van der Waals surface area contributed by atoms with Gasteiger partial charge >= 0.3 is 0 Å². The van der Waals surface area contributed by atoms with Crippen molar-refractivity contribution in [3.63, 3.8) is 0 Å². The molecule has 0 aromatic rings. The summed E-state index contributed by atoms with van der Waals surface area (Å²) in [4.78, 5) is 9.59. The third-order valence-electron chi connectivity index (χ3n) is 4.75. The van der Waals surface area contributed by atoms with Gasteiger partial charge in [0, 0.05) is 24.5 Å². The van der Waals surface area contributed by atoms with E-state index in [-0.39, 0.29) is 0 Å². The fraction of sp³-hybridized carbons (Fsp3) is 0.417. The fourth-order valence-corrected chi connectivity index (χ4v) is 3.19. The summed E-state index contributed by atoms with van der Waals surface area (Å²) in [6.45, 7) is 3.36. The van der Waals surface area contributed by atoms with E-state index in [0.717, 1.165) is 87.5 Å². The van der Waals surface area contributed by atoms with E-state index in [1.165, 1.54) is 0 Å². The first kappa shape index (κ1) is 20.1. The van der Waals surface area contributed by atoms with Gasteiger partial charge in [0.25, 0.3) is 0 Å². The van der Waals surface area contributed by atoms with Gasteiger partial charge in [0.05, 0.1) is 0 Å². The lowest BCUT2D eigenvalue weighted by atomic mass is 10.2. The third-order valence-corrected chi connectivity index (χ3v) is 4.75. The van der Waals surface area contributed by atoms with Gasteiger partial charge < -0.3 is 10.6 Å². The number of fused-ring (bicyclic) bond motifs is 2. The Labute approximate surface area is 169 Å². The molecule has 0 N–H and O–H groups in total. The van der Waals surface area contributed by atoms with Gasteiger partial charge in [-0.1, -0.05) is 67.9 Å². The van der Waals surface area contributed by atoms with Crippen molar-refractivity contribution >= 4 is 11.4 Å². The van der Waals surface area contributed by atoms with Crippen LogP contribution in [0.15, 0.2) is 82.1 Å². The molecule has 0 aromatic heterocycles. The second-order valence-corrected chi connectivity index (χ2v) is 7.01. The summed E-state index contributed by atoms with van der Waals surface area (Å²) in [6, 6.07) is 0. The largest absolute Gasteiger partial charge is 0.683 e. The Morgan fingerprint density at radius 2 is 1.04 bits per heavy atom. The zero-order chi connectivity index (χ0) is 19.3. The molecule has 3 aliphatic rings. The highest BCUT2D eigenvalue weighted by atomic mass is 14.9. The first-order valence-corrected chi connectivity index (χ1v) is 10.5. The highest BCUT2D eigenvalue weighted by Crippen LogP contribution is 2.17. The Kier molecular flexibility index (Phi) is 8.60. The Morgan fingerprint density at radius 3 is 1.57 bits per heavy atom. The quantitative estimate of drug-likeness (QED) is 0.500. The van der Waals surface area contributed by atoms with Crippen molar-refractivity contribution in [2.24, 2.45) is 9.98 Å². The SMILES string of the molecule is C1=CC=C2[N-]CCCCC[N-]C3=CC=CC=CC3=NCCCCCN=C2C=C1. The molecule has 148 valence electrons. The Morgan fingerprint density at radius 1 is 0.536 bits per heavy atom. The smallest absolute Gasteiger partial charge is 0.0425 e. The van der Waals surface area contributed by atoms with Crippen LogP contribution in [0.5, 0.6) is 0 Å². The molecule has 4 heteroatoms. The second-order valence-electron chi connectivity index (χ2n) is 7.01. The van der Waals surface area contributed by atoms with Crippen LogP contribution in [0, 0.1) is 0 Å². The highest BCUT2D eigenvalue weighted by Gasteiger charge is 1.99. The van der Waals surface area contributed by atoms with Crippen LogP contribution in [0.1, 0.15) is 38.5 Å². The Hall–Kier alpha value is -2.62. The molecule has 2 aliphatic carbocycles. The van der Waals surface area contributed by atoms with Gasteiger partial charge in [-0.3, -0.25) is 9.98 Å². The minimum Gasteiger partial charge on any atom is -0.683 e. The molecule has 1 aliphatic heterocycles. The molecule has 1 heterocycles. The highest BCUT2D eigenvalue weighted by molar-refractivity contribution is 6.11. The van der Waals surface area contributed by atoms with Crippen molar-refractivity contribution in [2.75, 3.05) is 26.2 Å². The Bertz CT molecular complexity index is 683. The average Bonchev–Trinajstić information content (AvgIpc) is 3.06. The molecule has 0 fully saturated rings. The van der Waals surface area contributed by atoms with Crippen LogP contribution in [-0.4, -0.2) is 37.6 Å². The van der Waals surface area contributed by atoms with Gasteiger partial charge in [0.1, 0.15) is 0 Å². The summed E-state index contributed by atoms with van der Waals surface area (Å²) in [5.74, 6) is 0. The predicted octanol–water partition coefficient (Wildman–Crippen LogP) is 5.99. The van der Waals surface area contributed by atoms with Crippen molar-refractivity contribution < 1.29 is 0 Å². The molecular weight excluding hydrogens is 344 g/mol. The van der Waals surface area contributed by atoms with Crippen LogP contribution in [0.3, 0.4) is 0 Å². The first-order valence-electron chi connectivity index (χ1n) is 10.5. The van der Waals surface area contributed by atoms with Gasteiger partial charge in [-0.2, -0.15) is 0 Å². The van der Waals surface area contributed by atoms with Crippen molar-refractivity contribution in [3.05, 3.63) is 82.8 Å². The van der Waals surface area contributed by atoms with Crippen LogP contribution < -0.4 is 0 Å². The van der Waals surface area contributed by atoms with E-state index in [9.17, 15) is 0 Å². The molecule has 0 atom stereocenters. The third kappa shape index (κ3) is 6.84. The van der Waals surface area contributed by atoms with E-state index < -0.39 is 0 Å². The minimum atomic E-state index is 0.841. The number of hydrogen-bond donors (Lipinski definition) is 0. The van der Waals surface area contributed by atoms with E-state index in [2.05, 4.69) is 24.3 Å². The van der Waals surface area contributed by atoms with E-state index >= 15 is 0 Å². The molecule has 0 saturated carbocycles. The fourth-order valence-electron chi connectivity index (χ4n) is 3.19. The van der Waals surface area contributed by atoms with Gasteiger partial charge in [-0.05, 0) is 31.4 Å². The molecule has 0 saturated heterocycles. The summed E-state index contributed by atoms with van der Waals surface area (Å²) >= 11 is 0. The van der Waals surface area contributed by atoms with Crippen LogP contribution in [0.4, 0.5) is 0 Å². The zero-order valence-corrected chi connectivity index (χ0v) is 16.6. The maximum absolute atomic E-state index is 4.80. The van der Waals surface area contributed by atoms with Gasteiger partial charge in [0.2, 0.25) is 0 Å². The molecule has 0 spiro atoms. The maximum Gasteiger partial charge on any atom is 0.0425 e. The maximum atomic E-state index is 4.80. The van der Waals surface area contributed by atoms with E-state index in [4.69, 9.17) is 20.6 Å². The first-order chi connectivity index (χ1) is 13.9. The summed E-state index contributed by atoms with van der Waals surface area (Å²) in [5, 5.41) is 9.59. The van der Waals surface area contributed by atoms with Gasteiger partial charge in [-0.15, -0.1) is 24.5 Å². The molecule has 0 amide bonds. The number of hydrogen-bond acceptors (Lipinski definition) is 2. The summed E-state index contributed by atoms with van der Waals surface area (Å²) < 4.78 is 0. The van der Waals surface area contributed by atoms with Crippen LogP contribution in [0.2, 0.25) is 0 Å². The Balaban J connectivity index is 1.63. The number of nitrogens with zero attached hydrogens (tertiary/aromatic N) is 4. The van der Waals surface area contributed by atoms with Crippen LogP contribution >= 0.6 is 0 Å². The topological polar surface area (TPSA) is 52.9 Å². The van der Waals surface area contributed by atoms with E-state index in [0.29, 0.717) is 0 Å². The summed E-state index contributed by atoms with van der Waals surface area (Å²) in [5.41, 5.74) is 4.03. The van der Waals surface area contributed by atoms with Gasteiger partial charge in [0.15, 0.2) is 0 Å². The predicted molar refractivity (Wildman–Crippen MR) is 121 cm³/mol. The number of allylic oxidation sites excluding steroid dienone is 10. The van der Waals surface area contributed by atoms with Crippen LogP contribution in [-0.2, 0) is 0 Å². The van der Waals surface area contributed by atoms with Crippen LogP contribution in [0.25, 0.3) is 10.6 Å². The molecule has 0 bridgehead atoms. The van der Waals surface area contributed by atoms with Crippen molar-refractivity contribution in [1.82, 2.24) is 0 Å². The molecule has 4 nitrogen and oxygen atoms in total. The molecule has 0 aromatic carbocycles. The molecule has 3 rings (SSSR count). The number of rotatable bonds is 0. The van der Waals surface area contributed by atoms with Crippen molar-refractivity contribution in [2.45, 2.75) is 38.5 Å². The average molecular weight is 375 g/mol. The normalized spacial score (nSPS) is 21.7. The van der Waals surface area contributed by atoms with Crippen molar-refractivity contribution in [3.8, 4) is 0 Å². The zero-order valence-electron chi connectivity index (χ0n) is 16.6.